The van der Waals surface area contributed by atoms with Gasteiger partial charge in [-0.25, -0.2) is 17.8 Å². The predicted molar refractivity (Wildman–Crippen MR) is 98.4 cm³/mol. The molecule has 0 aliphatic carbocycles. The summed E-state index contributed by atoms with van der Waals surface area (Å²) >= 11 is 1.44. The number of thiophene rings is 1. The van der Waals surface area contributed by atoms with E-state index in [-0.39, 0.29) is 13.1 Å². The molecule has 0 saturated heterocycles. The first-order valence-corrected chi connectivity index (χ1v) is 10.3. The van der Waals surface area contributed by atoms with Crippen LogP contribution in [0.1, 0.15) is 5.56 Å². The van der Waals surface area contributed by atoms with Gasteiger partial charge in [0.05, 0.1) is 21.9 Å². The van der Waals surface area contributed by atoms with E-state index in [1.807, 2.05) is 17.5 Å². The number of hydrogen-bond acceptors (Lipinski definition) is 5. The molecule has 1 N–H and O–H groups in total. The van der Waals surface area contributed by atoms with Crippen LogP contribution in [0.15, 0.2) is 63.6 Å². The smallest absolute Gasteiger partial charge is 0.268 e. The van der Waals surface area contributed by atoms with Crippen LogP contribution in [0.2, 0.25) is 0 Å². The number of nitrogens with zero attached hydrogens (tertiary/aromatic N) is 2. The normalized spacial score (nSPS) is 12.2. The quantitative estimate of drug-likeness (QED) is 0.653. The van der Waals surface area contributed by atoms with Crippen molar-refractivity contribution >= 4 is 21.4 Å². The molecule has 28 heavy (non-hydrogen) atoms. The lowest BCUT2D eigenvalue weighted by atomic mass is 10.2. The van der Waals surface area contributed by atoms with Gasteiger partial charge in [-0.15, -0.1) is 11.3 Å². The summed E-state index contributed by atoms with van der Waals surface area (Å²) in [5, 5.41) is 6.04. The highest BCUT2D eigenvalue weighted by Crippen LogP contribution is 2.30. The van der Waals surface area contributed by atoms with E-state index in [0.717, 1.165) is 27.8 Å². The largest absolute Gasteiger partial charge is 0.416 e. The maximum absolute atomic E-state index is 12.8. The molecule has 0 aliphatic heterocycles. The number of benzene rings is 1. The van der Waals surface area contributed by atoms with Crippen LogP contribution < -0.4 is 10.3 Å². The van der Waals surface area contributed by atoms with Crippen molar-refractivity contribution in [3.8, 4) is 10.6 Å². The lowest BCUT2D eigenvalue weighted by molar-refractivity contribution is -0.137. The zero-order valence-electron chi connectivity index (χ0n) is 14.2. The highest BCUT2D eigenvalue weighted by Gasteiger charge is 2.31. The molecule has 0 radical (unpaired) electrons. The Kier molecular flexibility index (Phi) is 5.68. The molecule has 0 spiro atoms. The lowest BCUT2D eigenvalue weighted by Gasteiger charge is -2.11. The first-order chi connectivity index (χ1) is 13.2. The minimum atomic E-state index is -4.65. The molecule has 2 aromatic heterocycles. The Balaban J connectivity index is 1.73. The average Bonchev–Trinajstić information content (AvgIpc) is 3.17. The molecule has 3 aromatic rings. The van der Waals surface area contributed by atoms with Crippen LogP contribution in [0.5, 0.6) is 0 Å². The molecule has 0 fully saturated rings. The molecule has 0 unspecified atom stereocenters. The summed E-state index contributed by atoms with van der Waals surface area (Å²) in [5.41, 5.74) is -0.911. The third-order valence-electron chi connectivity index (χ3n) is 3.73. The second-order valence-corrected chi connectivity index (χ2v) is 8.40. The first-order valence-electron chi connectivity index (χ1n) is 7.96. The fourth-order valence-corrected chi connectivity index (χ4v) is 4.13. The Hall–Kier alpha value is -2.50. The Morgan fingerprint density at radius 3 is 2.57 bits per heavy atom. The minimum absolute atomic E-state index is 0.0732. The van der Waals surface area contributed by atoms with E-state index < -0.39 is 32.2 Å². The Morgan fingerprint density at radius 1 is 1.11 bits per heavy atom. The van der Waals surface area contributed by atoms with Gasteiger partial charge in [-0.2, -0.15) is 18.3 Å². The van der Waals surface area contributed by atoms with Gasteiger partial charge in [-0.05, 0) is 35.7 Å². The second kappa shape index (κ2) is 7.86. The van der Waals surface area contributed by atoms with Gasteiger partial charge in [0, 0.05) is 12.6 Å². The van der Waals surface area contributed by atoms with Crippen LogP contribution in [0.3, 0.4) is 0 Å². The molecule has 11 heteroatoms. The van der Waals surface area contributed by atoms with Crippen LogP contribution in [0, 0.1) is 0 Å². The molecular weight excluding hydrogens is 415 g/mol. The van der Waals surface area contributed by atoms with Crippen molar-refractivity contribution in [2.45, 2.75) is 17.6 Å². The molecular formula is C17H14F3N3O3S2. The predicted octanol–water partition coefficient (Wildman–Crippen LogP) is 2.97. The van der Waals surface area contributed by atoms with Crippen LogP contribution in [0.4, 0.5) is 13.2 Å². The van der Waals surface area contributed by atoms with Crippen molar-refractivity contribution < 1.29 is 21.6 Å². The number of aromatic nitrogens is 2. The fourth-order valence-electron chi connectivity index (χ4n) is 2.37. The maximum atomic E-state index is 12.8. The van der Waals surface area contributed by atoms with Gasteiger partial charge in [-0.3, -0.25) is 4.79 Å². The van der Waals surface area contributed by atoms with E-state index in [4.69, 9.17) is 0 Å². The third kappa shape index (κ3) is 4.66. The minimum Gasteiger partial charge on any atom is -0.268 e. The maximum Gasteiger partial charge on any atom is 0.416 e. The topological polar surface area (TPSA) is 81.1 Å². The monoisotopic (exact) mass is 429 g/mol. The summed E-state index contributed by atoms with van der Waals surface area (Å²) in [6.07, 6.45) is -4.65. The van der Waals surface area contributed by atoms with E-state index in [1.165, 1.54) is 17.4 Å². The van der Waals surface area contributed by atoms with Crippen LogP contribution in [-0.2, 0) is 22.7 Å². The van der Waals surface area contributed by atoms with Crippen LogP contribution >= 0.6 is 11.3 Å². The van der Waals surface area contributed by atoms with Crippen molar-refractivity contribution in [1.29, 1.82) is 0 Å². The van der Waals surface area contributed by atoms with Gasteiger partial charge in [0.1, 0.15) is 5.69 Å². The van der Waals surface area contributed by atoms with Gasteiger partial charge in [-0.1, -0.05) is 12.1 Å². The van der Waals surface area contributed by atoms with Gasteiger partial charge in [0.2, 0.25) is 10.0 Å². The summed E-state index contributed by atoms with van der Waals surface area (Å²) in [4.78, 5) is 12.3. The average molecular weight is 429 g/mol. The zero-order chi connectivity index (χ0) is 20.4. The number of hydrogen-bond donors (Lipinski definition) is 1. The molecule has 3 rings (SSSR count). The van der Waals surface area contributed by atoms with Crippen molar-refractivity contribution in [3.05, 3.63) is 69.8 Å². The second-order valence-electron chi connectivity index (χ2n) is 5.68. The highest BCUT2D eigenvalue weighted by atomic mass is 32.2. The summed E-state index contributed by atoms with van der Waals surface area (Å²) < 4.78 is 66.1. The molecule has 1 aromatic carbocycles. The van der Waals surface area contributed by atoms with E-state index >= 15 is 0 Å². The van der Waals surface area contributed by atoms with Gasteiger partial charge in [0.15, 0.2) is 0 Å². The van der Waals surface area contributed by atoms with E-state index in [2.05, 4.69) is 9.82 Å². The van der Waals surface area contributed by atoms with Crippen molar-refractivity contribution in [2.75, 3.05) is 6.54 Å². The Bertz CT molecular complexity index is 1120. The van der Waals surface area contributed by atoms with Gasteiger partial charge < -0.3 is 0 Å². The molecule has 148 valence electrons. The Labute approximate surface area is 162 Å². The molecule has 2 heterocycles. The molecule has 0 amide bonds. The van der Waals surface area contributed by atoms with E-state index in [9.17, 15) is 26.4 Å². The third-order valence-corrected chi connectivity index (χ3v) is 6.08. The standard InChI is InChI=1S/C17H14F3N3O3S2/c18-17(19,20)12-3-1-4-13(11-12)28(25,26)21-8-9-23-16(24)7-6-14(22-23)15-5-2-10-27-15/h1-7,10-11,21H,8-9H2. The number of alkyl halides is 3. The number of nitrogens with one attached hydrogen (secondary N) is 1. The van der Waals surface area contributed by atoms with E-state index in [0.29, 0.717) is 11.8 Å². The molecule has 6 nitrogen and oxygen atoms in total. The van der Waals surface area contributed by atoms with Gasteiger partial charge in [0.25, 0.3) is 5.56 Å². The molecule has 0 aliphatic rings. The number of halogens is 3. The first kappa shape index (κ1) is 20.2. The Morgan fingerprint density at radius 2 is 1.89 bits per heavy atom. The van der Waals surface area contributed by atoms with E-state index in [1.54, 1.807) is 6.07 Å². The van der Waals surface area contributed by atoms with Crippen molar-refractivity contribution in [1.82, 2.24) is 14.5 Å². The van der Waals surface area contributed by atoms with Crippen LogP contribution in [-0.4, -0.2) is 24.7 Å². The summed E-state index contributed by atoms with van der Waals surface area (Å²) in [7, 11) is -4.17. The van der Waals surface area contributed by atoms with Gasteiger partial charge >= 0.3 is 6.18 Å². The molecule has 0 atom stereocenters. The van der Waals surface area contributed by atoms with Crippen molar-refractivity contribution in [2.24, 2.45) is 0 Å². The lowest BCUT2D eigenvalue weighted by Crippen LogP contribution is -2.32. The summed E-state index contributed by atoms with van der Waals surface area (Å²) in [6, 6.07) is 10.00. The van der Waals surface area contributed by atoms with Crippen molar-refractivity contribution in [3.63, 3.8) is 0 Å². The fraction of sp³-hybridized carbons (Fsp3) is 0.176. The number of sulfonamides is 1. The molecule has 0 saturated carbocycles. The number of rotatable bonds is 6. The SMILES string of the molecule is O=c1ccc(-c2cccs2)nn1CCNS(=O)(=O)c1cccc(C(F)(F)F)c1. The highest BCUT2D eigenvalue weighted by molar-refractivity contribution is 7.89. The summed E-state index contributed by atoms with van der Waals surface area (Å²) in [6.45, 7) is -0.282. The van der Waals surface area contributed by atoms with Crippen LogP contribution in [0.25, 0.3) is 10.6 Å². The summed E-state index contributed by atoms with van der Waals surface area (Å²) in [5.74, 6) is 0. The molecule has 0 bridgehead atoms. The zero-order valence-corrected chi connectivity index (χ0v) is 15.8.